The minimum Gasteiger partial charge on any atom is -0.497 e. The maximum Gasteiger partial charge on any atom is 0.323 e. The normalized spacial score (nSPS) is 18.1. The van der Waals surface area contributed by atoms with Crippen molar-refractivity contribution >= 4 is 11.8 Å². The van der Waals surface area contributed by atoms with Crippen LogP contribution in [0.1, 0.15) is 43.0 Å². The molecule has 2 aromatic rings. The third kappa shape index (κ3) is 3.69. The third-order valence-electron chi connectivity index (χ3n) is 4.38. The van der Waals surface area contributed by atoms with Gasteiger partial charge >= 0.3 is 6.03 Å². The fraction of sp³-hybridized carbons (Fsp3) is 0.444. The molecule has 1 aliphatic heterocycles. The van der Waals surface area contributed by atoms with Crippen molar-refractivity contribution in [3.8, 4) is 5.75 Å². The van der Waals surface area contributed by atoms with E-state index in [1.54, 1.807) is 20.1 Å². The topological polar surface area (TPSA) is 67.6 Å². The SMILES string of the molecule is COc1ccc(C2CCCCCN2C(=O)Nc2cc(C)on2)cc1. The molecule has 0 saturated carbocycles. The van der Waals surface area contributed by atoms with E-state index >= 15 is 0 Å². The summed E-state index contributed by atoms with van der Waals surface area (Å²) >= 11 is 0. The number of carbonyl (C=O) groups is 1. The highest BCUT2D eigenvalue weighted by Crippen LogP contribution is 2.31. The maximum absolute atomic E-state index is 12.7. The third-order valence-corrected chi connectivity index (χ3v) is 4.38. The van der Waals surface area contributed by atoms with Crippen molar-refractivity contribution in [1.82, 2.24) is 10.1 Å². The van der Waals surface area contributed by atoms with Crippen LogP contribution >= 0.6 is 0 Å². The van der Waals surface area contributed by atoms with E-state index in [0.29, 0.717) is 11.6 Å². The lowest BCUT2D eigenvalue weighted by Crippen LogP contribution is -2.38. The molecule has 0 spiro atoms. The van der Waals surface area contributed by atoms with Crippen LogP contribution in [-0.4, -0.2) is 29.7 Å². The van der Waals surface area contributed by atoms with Gasteiger partial charge in [0.2, 0.25) is 0 Å². The largest absolute Gasteiger partial charge is 0.497 e. The molecule has 1 unspecified atom stereocenters. The van der Waals surface area contributed by atoms with Gasteiger partial charge in [0.15, 0.2) is 5.82 Å². The number of aryl methyl sites for hydroxylation is 1. The Morgan fingerprint density at radius 3 is 2.75 bits per heavy atom. The number of methoxy groups -OCH3 is 1. The number of aromatic nitrogens is 1. The second-order valence-electron chi connectivity index (χ2n) is 6.08. The number of rotatable bonds is 3. The van der Waals surface area contributed by atoms with Gasteiger partial charge in [0, 0.05) is 12.6 Å². The summed E-state index contributed by atoms with van der Waals surface area (Å²) in [7, 11) is 1.65. The van der Waals surface area contributed by atoms with E-state index in [4.69, 9.17) is 9.26 Å². The number of urea groups is 1. The van der Waals surface area contributed by atoms with Gasteiger partial charge in [-0.05, 0) is 37.5 Å². The van der Waals surface area contributed by atoms with E-state index in [1.807, 2.05) is 29.2 Å². The molecular weight excluding hydrogens is 306 g/mol. The monoisotopic (exact) mass is 329 g/mol. The molecule has 2 heterocycles. The van der Waals surface area contributed by atoms with E-state index in [0.717, 1.165) is 43.5 Å². The predicted octanol–water partition coefficient (Wildman–Crippen LogP) is 4.14. The number of hydrogen-bond donors (Lipinski definition) is 1. The second-order valence-corrected chi connectivity index (χ2v) is 6.08. The van der Waals surface area contributed by atoms with Crippen molar-refractivity contribution < 1.29 is 14.1 Å². The first kappa shape index (κ1) is 16.4. The summed E-state index contributed by atoms with van der Waals surface area (Å²) in [5.74, 6) is 1.95. The molecule has 1 fully saturated rings. The Bertz CT molecular complexity index is 681. The Hall–Kier alpha value is -2.50. The van der Waals surface area contributed by atoms with Gasteiger partial charge in [-0.25, -0.2) is 4.79 Å². The lowest BCUT2D eigenvalue weighted by atomic mass is 10.0. The number of hydrogen-bond acceptors (Lipinski definition) is 4. The minimum absolute atomic E-state index is 0.0615. The van der Waals surface area contributed by atoms with Crippen molar-refractivity contribution in [2.75, 3.05) is 19.0 Å². The molecule has 24 heavy (non-hydrogen) atoms. The number of benzene rings is 1. The second kappa shape index (κ2) is 7.38. The van der Waals surface area contributed by atoms with Crippen LogP contribution in [0.2, 0.25) is 0 Å². The first-order chi connectivity index (χ1) is 11.7. The number of amides is 2. The molecule has 128 valence electrons. The highest BCUT2D eigenvalue weighted by Gasteiger charge is 2.27. The van der Waals surface area contributed by atoms with Crippen LogP contribution < -0.4 is 10.1 Å². The van der Waals surface area contributed by atoms with Gasteiger partial charge in [0.25, 0.3) is 0 Å². The Kier molecular flexibility index (Phi) is 5.03. The molecule has 0 bridgehead atoms. The van der Waals surface area contributed by atoms with Gasteiger partial charge in [-0.2, -0.15) is 0 Å². The highest BCUT2D eigenvalue weighted by atomic mass is 16.5. The summed E-state index contributed by atoms with van der Waals surface area (Å²) in [6.07, 6.45) is 4.22. The van der Waals surface area contributed by atoms with Crippen LogP contribution in [0.15, 0.2) is 34.9 Å². The lowest BCUT2D eigenvalue weighted by molar-refractivity contribution is 0.189. The fourth-order valence-electron chi connectivity index (χ4n) is 3.13. The number of nitrogens with one attached hydrogen (secondary N) is 1. The molecule has 1 aromatic carbocycles. The average molecular weight is 329 g/mol. The van der Waals surface area contributed by atoms with Gasteiger partial charge in [-0.3, -0.25) is 5.32 Å². The smallest absolute Gasteiger partial charge is 0.323 e. The molecule has 6 heteroatoms. The van der Waals surface area contributed by atoms with Crippen molar-refractivity contribution in [3.05, 3.63) is 41.7 Å². The van der Waals surface area contributed by atoms with Gasteiger partial charge in [-0.15, -0.1) is 0 Å². The Labute approximate surface area is 141 Å². The van der Waals surface area contributed by atoms with Crippen LogP contribution in [0.5, 0.6) is 5.75 Å². The Morgan fingerprint density at radius 1 is 1.29 bits per heavy atom. The molecule has 2 amide bonds. The Balaban J connectivity index is 1.79. The van der Waals surface area contributed by atoms with E-state index in [-0.39, 0.29) is 12.1 Å². The molecule has 0 radical (unpaired) electrons. The van der Waals surface area contributed by atoms with Crippen LogP contribution in [0.25, 0.3) is 0 Å². The first-order valence-electron chi connectivity index (χ1n) is 8.32. The Morgan fingerprint density at radius 2 is 2.08 bits per heavy atom. The van der Waals surface area contributed by atoms with Crippen molar-refractivity contribution in [1.29, 1.82) is 0 Å². The van der Waals surface area contributed by atoms with Crippen molar-refractivity contribution in [2.24, 2.45) is 0 Å². The van der Waals surface area contributed by atoms with Crippen molar-refractivity contribution in [3.63, 3.8) is 0 Å². The standard InChI is InChI=1S/C18H23N3O3/c1-13-12-17(20-24-13)19-18(22)21-11-5-3-4-6-16(21)14-7-9-15(23-2)10-8-14/h7-10,12,16H,3-6,11H2,1-2H3,(H,19,20,22). The zero-order valence-corrected chi connectivity index (χ0v) is 14.1. The summed E-state index contributed by atoms with van der Waals surface area (Å²) in [6.45, 7) is 2.54. The summed E-state index contributed by atoms with van der Waals surface area (Å²) < 4.78 is 10.2. The fourth-order valence-corrected chi connectivity index (χ4v) is 3.13. The molecule has 1 aliphatic rings. The molecule has 6 nitrogen and oxygen atoms in total. The van der Waals surface area contributed by atoms with E-state index in [2.05, 4.69) is 10.5 Å². The maximum atomic E-state index is 12.7. The summed E-state index contributed by atoms with van der Waals surface area (Å²) in [6, 6.07) is 9.61. The van der Waals surface area contributed by atoms with Crippen LogP contribution in [-0.2, 0) is 0 Å². The molecule has 1 aromatic heterocycles. The zero-order valence-electron chi connectivity index (χ0n) is 14.1. The van der Waals surface area contributed by atoms with Gasteiger partial charge in [0.1, 0.15) is 11.5 Å². The number of carbonyl (C=O) groups excluding carboxylic acids is 1. The number of ether oxygens (including phenoxy) is 1. The van der Waals surface area contributed by atoms with Crippen LogP contribution in [0, 0.1) is 6.92 Å². The summed E-state index contributed by atoms with van der Waals surface area (Å²) in [5, 5.41) is 6.68. The average Bonchev–Trinajstić information content (AvgIpc) is 2.86. The zero-order chi connectivity index (χ0) is 16.9. The lowest BCUT2D eigenvalue weighted by Gasteiger charge is -2.30. The minimum atomic E-state index is -0.133. The first-order valence-corrected chi connectivity index (χ1v) is 8.32. The van der Waals surface area contributed by atoms with Crippen molar-refractivity contribution in [2.45, 2.75) is 38.6 Å². The van der Waals surface area contributed by atoms with Gasteiger partial charge in [-0.1, -0.05) is 30.1 Å². The summed E-state index contributed by atoms with van der Waals surface area (Å²) in [5.41, 5.74) is 1.13. The number of anilines is 1. The van der Waals surface area contributed by atoms with Crippen LogP contribution in [0.4, 0.5) is 10.6 Å². The summed E-state index contributed by atoms with van der Waals surface area (Å²) in [4.78, 5) is 14.6. The number of likely N-dealkylation sites (tertiary alicyclic amines) is 1. The molecule has 3 rings (SSSR count). The van der Waals surface area contributed by atoms with Gasteiger partial charge < -0.3 is 14.2 Å². The van der Waals surface area contributed by atoms with E-state index in [1.165, 1.54) is 0 Å². The molecule has 1 atom stereocenters. The molecular formula is C18H23N3O3. The predicted molar refractivity (Wildman–Crippen MR) is 91.2 cm³/mol. The number of nitrogens with zero attached hydrogens (tertiary/aromatic N) is 2. The van der Waals surface area contributed by atoms with Gasteiger partial charge in [0.05, 0.1) is 13.2 Å². The van der Waals surface area contributed by atoms with E-state index < -0.39 is 0 Å². The molecule has 1 N–H and O–H groups in total. The van der Waals surface area contributed by atoms with E-state index in [9.17, 15) is 4.79 Å². The highest BCUT2D eigenvalue weighted by molar-refractivity contribution is 5.88. The molecule has 1 saturated heterocycles. The van der Waals surface area contributed by atoms with Crippen LogP contribution in [0.3, 0.4) is 0 Å². The molecule has 0 aliphatic carbocycles. The quantitative estimate of drug-likeness (QED) is 0.919.